The maximum Gasteiger partial charge on any atom is 0.138 e. The van der Waals surface area contributed by atoms with Crippen molar-refractivity contribution in [1.29, 1.82) is 0 Å². The fourth-order valence-electron chi connectivity index (χ4n) is 0.916. The van der Waals surface area contributed by atoms with Crippen LogP contribution in [0, 0.1) is 0 Å². The summed E-state index contributed by atoms with van der Waals surface area (Å²) in [5.41, 5.74) is 7.03. The van der Waals surface area contributed by atoms with E-state index in [2.05, 4.69) is 5.32 Å². The minimum Gasteiger partial charge on any atom is -0.506 e. The molecule has 0 unspecified atom stereocenters. The Bertz CT molecular complexity index is 248. The Morgan fingerprint density at radius 1 is 1.55 bits per heavy atom. The molecule has 0 atom stereocenters. The molecule has 3 nitrogen and oxygen atoms in total. The van der Waals surface area contributed by atoms with Gasteiger partial charge in [0, 0.05) is 13.6 Å². The Hall–Kier alpha value is -1.22. The monoisotopic (exact) mass is 152 g/mol. The molecular weight excluding hydrogens is 140 g/mol. The highest BCUT2D eigenvalue weighted by atomic mass is 16.3. The topological polar surface area (TPSA) is 58.3 Å². The molecule has 11 heavy (non-hydrogen) atoms. The molecule has 0 aromatic heterocycles. The van der Waals surface area contributed by atoms with Gasteiger partial charge in [-0.15, -0.1) is 0 Å². The lowest BCUT2D eigenvalue weighted by Gasteiger charge is -2.04. The van der Waals surface area contributed by atoms with Crippen molar-refractivity contribution in [3.8, 4) is 5.75 Å². The van der Waals surface area contributed by atoms with Crippen LogP contribution in [0.2, 0.25) is 0 Å². The van der Waals surface area contributed by atoms with Crippen LogP contribution < -0.4 is 11.1 Å². The SMILES string of the molecule is CNc1ccc(CN)cc1O. The van der Waals surface area contributed by atoms with Gasteiger partial charge in [0.05, 0.1) is 5.69 Å². The van der Waals surface area contributed by atoms with E-state index in [1.165, 1.54) is 0 Å². The number of anilines is 1. The molecule has 0 radical (unpaired) electrons. The summed E-state index contributed by atoms with van der Waals surface area (Å²) < 4.78 is 0. The second-order valence-corrected chi connectivity index (χ2v) is 2.31. The molecule has 1 aromatic carbocycles. The predicted molar refractivity (Wildman–Crippen MR) is 45.5 cm³/mol. The van der Waals surface area contributed by atoms with Gasteiger partial charge >= 0.3 is 0 Å². The average molecular weight is 152 g/mol. The van der Waals surface area contributed by atoms with E-state index < -0.39 is 0 Å². The Labute approximate surface area is 65.8 Å². The van der Waals surface area contributed by atoms with Gasteiger partial charge in [0.15, 0.2) is 0 Å². The molecule has 0 aliphatic rings. The Balaban J connectivity index is 2.99. The zero-order chi connectivity index (χ0) is 8.27. The fraction of sp³-hybridized carbons (Fsp3) is 0.250. The molecule has 0 heterocycles. The van der Waals surface area contributed by atoms with E-state index in [4.69, 9.17) is 5.73 Å². The summed E-state index contributed by atoms with van der Waals surface area (Å²) in [7, 11) is 1.76. The zero-order valence-electron chi connectivity index (χ0n) is 6.46. The molecule has 1 aromatic rings. The number of aromatic hydroxyl groups is 1. The highest BCUT2D eigenvalue weighted by Gasteiger charge is 1.97. The molecule has 3 heteroatoms. The quantitative estimate of drug-likeness (QED) is 0.552. The van der Waals surface area contributed by atoms with E-state index in [1.807, 2.05) is 6.07 Å². The average Bonchev–Trinajstić information content (AvgIpc) is 2.04. The van der Waals surface area contributed by atoms with Gasteiger partial charge in [-0.2, -0.15) is 0 Å². The summed E-state index contributed by atoms with van der Waals surface area (Å²) in [6, 6.07) is 5.34. The summed E-state index contributed by atoms with van der Waals surface area (Å²) >= 11 is 0. The molecule has 0 bridgehead atoms. The van der Waals surface area contributed by atoms with E-state index in [1.54, 1.807) is 19.2 Å². The van der Waals surface area contributed by atoms with Gasteiger partial charge in [-0.3, -0.25) is 0 Å². The van der Waals surface area contributed by atoms with Gasteiger partial charge in [-0.25, -0.2) is 0 Å². The van der Waals surface area contributed by atoms with Crippen LogP contribution in [0.1, 0.15) is 5.56 Å². The second kappa shape index (κ2) is 3.25. The van der Waals surface area contributed by atoms with Gasteiger partial charge in [0.2, 0.25) is 0 Å². The molecule has 0 fully saturated rings. The lowest BCUT2D eigenvalue weighted by atomic mass is 10.2. The van der Waals surface area contributed by atoms with Gasteiger partial charge in [0.1, 0.15) is 5.75 Å². The van der Waals surface area contributed by atoms with Crippen molar-refractivity contribution in [2.75, 3.05) is 12.4 Å². The van der Waals surface area contributed by atoms with Crippen LogP contribution >= 0.6 is 0 Å². The van der Waals surface area contributed by atoms with Crippen molar-refractivity contribution in [3.63, 3.8) is 0 Å². The molecule has 0 aliphatic carbocycles. The van der Waals surface area contributed by atoms with E-state index in [9.17, 15) is 5.11 Å². The van der Waals surface area contributed by atoms with Crippen molar-refractivity contribution in [3.05, 3.63) is 23.8 Å². The van der Waals surface area contributed by atoms with Crippen molar-refractivity contribution >= 4 is 5.69 Å². The first-order valence-electron chi connectivity index (χ1n) is 3.47. The fourth-order valence-corrected chi connectivity index (χ4v) is 0.916. The summed E-state index contributed by atoms with van der Waals surface area (Å²) in [4.78, 5) is 0. The van der Waals surface area contributed by atoms with Gasteiger partial charge in [0.25, 0.3) is 0 Å². The lowest BCUT2D eigenvalue weighted by Crippen LogP contribution is -1.96. The van der Waals surface area contributed by atoms with Crippen LogP contribution in [0.3, 0.4) is 0 Å². The molecule has 0 amide bonds. The summed E-state index contributed by atoms with van der Waals surface area (Å²) in [6.45, 7) is 0.456. The van der Waals surface area contributed by atoms with Crippen LogP contribution in [-0.4, -0.2) is 12.2 Å². The predicted octanol–water partition coefficient (Wildman–Crippen LogP) is 0.893. The molecule has 4 N–H and O–H groups in total. The van der Waals surface area contributed by atoms with Crippen LogP contribution in [0.4, 0.5) is 5.69 Å². The van der Waals surface area contributed by atoms with Gasteiger partial charge < -0.3 is 16.2 Å². The Kier molecular flexibility index (Phi) is 2.33. The largest absolute Gasteiger partial charge is 0.506 e. The Morgan fingerprint density at radius 3 is 2.73 bits per heavy atom. The van der Waals surface area contributed by atoms with Crippen LogP contribution in [0.25, 0.3) is 0 Å². The number of phenols is 1. The maximum absolute atomic E-state index is 9.30. The van der Waals surface area contributed by atoms with E-state index in [0.29, 0.717) is 6.54 Å². The molecule has 0 saturated carbocycles. The third-order valence-corrected chi connectivity index (χ3v) is 1.57. The number of benzene rings is 1. The number of hydrogen-bond acceptors (Lipinski definition) is 3. The van der Waals surface area contributed by atoms with E-state index in [0.717, 1.165) is 11.3 Å². The third kappa shape index (κ3) is 1.62. The first-order chi connectivity index (χ1) is 5.27. The van der Waals surface area contributed by atoms with Crippen LogP contribution in [-0.2, 0) is 6.54 Å². The number of phenolic OH excluding ortho intramolecular Hbond substituents is 1. The standard InChI is InChI=1S/C8H12N2O/c1-10-7-3-2-6(5-9)4-8(7)11/h2-4,10-11H,5,9H2,1H3. The molecular formula is C8H12N2O. The molecule has 1 rings (SSSR count). The van der Waals surface area contributed by atoms with E-state index >= 15 is 0 Å². The number of nitrogens with one attached hydrogen (secondary N) is 1. The lowest BCUT2D eigenvalue weighted by molar-refractivity contribution is 0.477. The molecule has 0 saturated heterocycles. The van der Waals surface area contributed by atoms with Crippen molar-refractivity contribution in [2.24, 2.45) is 5.73 Å². The highest BCUT2D eigenvalue weighted by Crippen LogP contribution is 2.22. The number of nitrogens with two attached hydrogens (primary N) is 1. The molecule has 60 valence electrons. The first kappa shape index (κ1) is 7.88. The van der Waals surface area contributed by atoms with E-state index in [-0.39, 0.29) is 5.75 Å². The number of rotatable bonds is 2. The van der Waals surface area contributed by atoms with Crippen molar-refractivity contribution in [2.45, 2.75) is 6.54 Å². The normalized spacial score (nSPS) is 9.64. The highest BCUT2D eigenvalue weighted by molar-refractivity contribution is 5.56. The molecule has 0 spiro atoms. The van der Waals surface area contributed by atoms with Crippen molar-refractivity contribution in [1.82, 2.24) is 0 Å². The maximum atomic E-state index is 9.30. The second-order valence-electron chi connectivity index (χ2n) is 2.31. The van der Waals surface area contributed by atoms with Crippen LogP contribution in [0.15, 0.2) is 18.2 Å². The summed E-state index contributed by atoms with van der Waals surface area (Å²) in [6.07, 6.45) is 0. The minimum absolute atomic E-state index is 0.246. The Morgan fingerprint density at radius 2 is 2.27 bits per heavy atom. The summed E-state index contributed by atoms with van der Waals surface area (Å²) in [5, 5.41) is 12.2. The first-order valence-corrected chi connectivity index (χ1v) is 3.47. The van der Waals surface area contributed by atoms with Gasteiger partial charge in [-0.05, 0) is 17.7 Å². The molecule has 0 aliphatic heterocycles. The minimum atomic E-state index is 0.246. The summed E-state index contributed by atoms with van der Waals surface area (Å²) in [5.74, 6) is 0.246. The van der Waals surface area contributed by atoms with Crippen molar-refractivity contribution < 1.29 is 5.11 Å². The number of hydrogen-bond donors (Lipinski definition) is 3. The smallest absolute Gasteiger partial charge is 0.138 e. The third-order valence-electron chi connectivity index (χ3n) is 1.57. The van der Waals surface area contributed by atoms with Gasteiger partial charge in [-0.1, -0.05) is 6.07 Å². The van der Waals surface area contributed by atoms with Crippen LogP contribution in [0.5, 0.6) is 5.75 Å². The zero-order valence-corrected chi connectivity index (χ0v) is 6.46.